The van der Waals surface area contributed by atoms with Crippen molar-refractivity contribution in [2.24, 2.45) is 0 Å². The number of fused-ring (bicyclic) bond motifs is 1. The quantitative estimate of drug-likeness (QED) is 0.126. The van der Waals surface area contributed by atoms with Crippen LogP contribution in [0.1, 0.15) is 61.8 Å². The largest absolute Gasteiger partial charge is 0.493 e. The summed E-state index contributed by atoms with van der Waals surface area (Å²) in [6.45, 7) is 2.22. The van der Waals surface area contributed by atoms with Crippen LogP contribution >= 0.6 is 55.2 Å². The van der Waals surface area contributed by atoms with Gasteiger partial charge in [-0.25, -0.2) is 9.48 Å². The zero-order chi connectivity index (χ0) is 32.2. The SMILES string of the molecule is COc1cc(C2C(C(=O)OC3CCCCC3)=C(C)Nc3nc(SCc4ccccc4Cl)nn32)cc(Br)c1OCc1cccc(Br)c1. The number of aromatic nitrogens is 3. The molecule has 3 aromatic carbocycles. The molecule has 4 aromatic rings. The monoisotopic (exact) mass is 786 g/mol. The Labute approximate surface area is 294 Å². The van der Waals surface area contributed by atoms with E-state index in [1.54, 1.807) is 11.8 Å². The van der Waals surface area contributed by atoms with E-state index in [1.807, 2.05) is 67.6 Å². The predicted molar refractivity (Wildman–Crippen MR) is 188 cm³/mol. The molecule has 1 unspecified atom stereocenters. The molecule has 1 saturated carbocycles. The number of ether oxygens (including phenoxy) is 3. The van der Waals surface area contributed by atoms with E-state index in [0.717, 1.165) is 46.8 Å². The van der Waals surface area contributed by atoms with Crippen molar-refractivity contribution < 1.29 is 19.0 Å². The number of hydrogen-bond donors (Lipinski definition) is 1. The molecule has 2 heterocycles. The second-order valence-corrected chi connectivity index (χ2v) is 14.3. The van der Waals surface area contributed by atoms with Gasteiger partial charge in [0.15, 0.2) is 11.5 Å². The van der Waals surface area contributed by atoms with Crippen molar-refractivity contribution in [1.29, 1.82) is 0 Å². The molecular weight excluding hydrogens is 756 g/mol. The highest BCUT2D eigenvalue weighted by Crippen LogP contribution is 2.44. The lowest BCUT2D eigenvalue weighted by Crippen LogP contribution is -2.32. The highest BCUT2D eigenvalue weighted by Gasteiger charge is 2.37. The molecule has 0 amide bonds. The van der Waals surface area contributed by atoms with Gasteiger partial charge in [0.1, 0.15) is 18.8 Å². The molecule has 1 atom stereocenters. The summed E-state index contributed by atoms with van der Waals surface area (Å²) in [4.78, 5) is 18.7. The van der Waals surface area contributed by atoms with Crippen LogP contribution in [0.15, 0.2) is 86.0 Å². The average Bonchev–Trinajstić information content (AvgIpc) is 3.45. The van der Waals surface area contributed by atoms with Crippen molar-refractivity contribution in [2.75, 3.05) is 12.4 Å². The fourth-order valence-corrected chi connectivity index (χ4v) is 7.88. The van der Waals surface area contributed by atoms with Gasteiger partial charge in [0.25, 0.3) is 0 Å². The Kier molecular flexibility index (Phi) is 10.6. The lowest BCUT2D eigenvalue weighted by molar-refractivity contribution is -0.146. The molecule has 240 valence electrons. The number of carbonyl (C=O) groups is 1. The maximum atomic E-state index is 13.9. The van der Waals surface area contributed by atoms with Crippen molar-refractivity contribution in [3.8, 4) is 11.5 Å². The number of benzene rings is 3. The molecule has 12 heteroatoms. The van der Waals surface area contributed by atoms with E-state index < -0.39 is 6.04 Å². The van der Waals surface area contributed by atoms with Crippen LogP contribution in [0.25, 0.3) is 0 Å². The van der Waals surface area contributed by atoms with E-state index >= 15 is 0 Å². The average molecular weight is 789 g/mol. The Balaban J connectivity index is 1.35. The molecule has 6 rings (SSSR count). The van der Waals surface area contributed by atoms with E-state index in [1.165, 1.54) is 18.2 Å². The summed E-state index contributed by atoms with van der Waals surface area (Å²) in [6, 6.07) is 18.9. The van der Waals surface area contributed by atoms with Gasteiger partial charge in [0, 0.05) is 20.9 Å². The molecule has 8 nitrogen and oxygen atoms in total. The molecule has 0 spiro atoms. The first-order chi connectivity index (χ1) is 22.3. The summed E-state index contributed by atoms with van der Waals surface area (Å²) in [5, 5.41) is 9.45. The summed E-state index contributed by atoms with van der Waals surface area (Å²) >= 11 is 15.1. The van der Waals surface area contributed by atoms with Crippen molar-refractivity contribution in [3.05, 3.63) is 103 Å². The molecule has 1 aliphatic heterocycles. The molecular formula is C34H33Br2ClN4O4S. The second kappa shape index (κ2) is 14.8. The molecule has 0 saturated heterocycles. The van der Waals surface area contributed by atoms with Gasteiger partial charge in [0.05, 0.1) is 17.2 Å². The standard InChI is InChI=1S/C34H33Br2ClN4O4S/c1-20-29(32(42)45-25-12-4-3-5-13-25)30(41-33(38-20)39-34(40-41)46-19-22-10-6-7-14-27(22)37)23-16-26(36)31(28(17-23)43-2)44-18-21-9-8-11-24(35)15-21/h6-11,14-17,25,30H,3-5,12-13,18-19H2,1-2H3,(H,38,39,40). The number of carbonyl (C=O) groups excluding carboxylic acids is 1. The van der Waals surface area contributed by atoms with E-state index in [4.69, 9.17) is 35.9 Å². The lowest BCUT2D eigenvalue weighted by atomic mass is 9.94. The minimum absolute atomic E-state index is 0.101. The maximum Gasteiger partial charge on any atom is 0.338 e. The Morgan fingerprint density at radius 3 is 2.65 bits per heavy atom. The molecule has 46 heavy (non-hydrogen) atoms. The topological polar surface area (TPSA) is 87.5 Å². The van der Waals surface area contributed by atoms with Crippen molar-refractivity contribution in [1.82, 2.24) is 14.8 Å². The van der Waals surface area contributed by atoms with Crippen LogP contribution in [0.3, 0.4) is 0 Å². The zero-order valence-electron chi connectivity index (χ0n) is 25.4. The third kappa shape index (κ3) is 7.43. The van der Waals surface area contributed by atoms with Crippen LogP contribution in [-0.2, 0) is 21.9 Å². The van der Waals surface area contributed by atoms with Gasteiger partial charge in [-0.05, 0) is 95.6 Å². The Morgan fingerprint density at radius 1 is 1.09 bits per heavy atom. The fourth-order valence-electron chi connectivity index (χ4n) is 5.74. The second-order valence-electron chi connectivity index (χ2n) is 11.2. The zero-order valence-corrected chi connectivity index (χ0v) is 30.1. The van der Waals surface area contributed by atoms with Crippen molar-refractivity contribution in [2.45, 2.75) is 68.7 Å². The van der Waals surface area contributed by atoms with Crippen molar-refractivity contribution in [3.63, 3.8) is 0 Å². The smallest absolute Gasteiger partial charge is 0.338 e. The normalized spacial score (nSPS) is 16.5. The predicted octanol–water partition coefficient (Wildman–Crippen LogP) is 9.50. The fraction of sp³-hybridized carbons (Fsp3) is 0.324. The van der Waals surface area contributed by atoms with E-state index in [0.29, 0.717) is 55.7 Å². The van der Waals surface area contributed by atoms with Gasteiger partial charge in [-0.3, -0.25) is 0 Å². The van der Waals surface area contributed by atoms with Gasteiger partial charge in [-0.15, -0.1) is 5.10 Å². The number of nitrogens with zero attached hydrogens (tertiary/aromatic N) is 3. The van der Waals surface area contributed by atoms with Gasteiger partial charge in [-0.2, -0.15) is 4.98 Å². The molecule has 1 N–H and O–H groups in total. The number of nitrogens with one attached hydrogen (secondary N) is 1. The highest BCUT2D eigenvalue weighted by atomic mass is 79.9. The Morgan fingerprint density at radius 2 is 1.89 bits per heavy atom. The molecule has 1 aliphatic carbocycles. The van der Waals surface area contributed by atoms with Gasteiger partial charge in [-0.1, -0.05) is 76.0 Å². The van der Waals surface area contributed by atoms with Crippen LogP contribution in [0.4, 0.5) is 5.95 Å². The number of esters is 1. The molecule has 2 aliphatic rings. The van der Waals surface area contributed by atoms with E-state index in [2.05, 4.69) is 37.2 Å². The number of halogens is 3. The summed E-state index contributed by atoms with van der Waals surface area (Å²) in [7, 11) is 1.60. The molecule has 0 radical (unpaired) electrons. The van der Waals surface area contributed by atoms with Gasteiger partial charge < -0.3 is 19.5 Å². The summed E-state index contributed by atoms with van der Waals surface area (Å²) in [5.41, 5.74) is 3.90. The number of rotatable bonds is 10. The molecule has 1 aromatic heterocycles. The number of methoxy groups -OCH3 is 1. The first-order valence-electron chi connectivity index (χ1n) is 15.1. The third-order valence-corrected chi connectivity index (χ3v) is 10.4. The minimum Gasteiger partial charge on any atom is -0.493 e. The molecule has 0 bridgehead atoms. The van der Waals surface area contributed by atoms with Crippen LogP contribution in [0.5, 0.6) is 11.5 Å². The maximum absolute atomic E-state index is 13.9. The van der Waals surface area contributed by atoms with Crippen LogP contribution < -0.4 is 14.8 Å². The highest BCUT2D eigenvalue weighted by molar-refractivity contribution is 9.10. The Hall–Kier alpha value is -2.99. The molecule has 1 fully saturated rings. The first-order valence-corrected chi connectivity index (χ1v) is 18.0. The number of anilines is 1. The van der Waals surface area contributed by atoms with Crippen LogP contribution in [-0.4, -0.2) is 33.9 Å². The van der Waals surface area contributed by atoms with E-state index in [9.17, 15) is 4.79 Å². The van der Waals surface area contributed by atoms with Crippen LogP contribution in [0.2, 0.25) is 5.02 Å². The summed E-state index contributed by atoms with van der Waals surface area (Å²) < 4.78 is 21.6. The number of hydrogen-bond acceptors (Lipinski definition) is 8. The van der Waals surface area contributed by atoms with Crippen LogP contribution in [0, 0.1) is 0 Å². The number of allylic oxidation sites excluding steroid dienone is 1. The van der Waals surface area contributed by atoms with Crippen molar-refractivity contribution >= 4 is 67.1 Å². The lowest BCUT2D eigenvalue weighted by Gasteiger charge is -2.30. The van der Waals surface area contributed by atoms with Gasteiger partial charge in [0.2, 0.25) is 11.1 Å². The summed E-state index contributed by atoms with van der Waals surface area (Å²) in [6.07, 6.45) is 4.93. The first kappa shape index (κ1) is 32.9. The minimum atomic E-state index is -0.626. The summed E-state index contributed by atoms with van der Waals surface area (Å²) in [5.74, 6) is 1.84. The third-order valence-electron chi connectivity index (χ3n) is 8.03. The Bertz CT molecular complexity index is 1780. The number of thioether (sulfide) groups is 1. The van der Waals surface area contributed by atoms with E-state index in [-0.39, 0.29) is 12.1 Å². The van der Waals surface area contributed by atoms with Gasteiger partial charge >= 0.3 is 5.97 Å².